The van der Waals surface area contributed by atoms with Crippen molar-refractivity contribution in [1.29, 1.82) is 0 Å². The average Bonchev–Trinajstić information content (AvgIpc) is 2.33. The molecule has 1 aliphatic rings. The minimum absolute atomic E-state index is 0.744. The van der Waals surface area contributed by atoms with Gasteiger partial charge in [0.2, 0.25) is 0 Å². The third kappa shape index (κ3) is 3.95. The van der Waals surface area contributed by atoms with Gasteiger partial charge in [-0.15, -0.1) is 0 Å². The zero-order valence-electron chi connectivity index (χ0n) is 9.71. The van der Waals surface area contributed by atoms with Crippen molar-refractivity contribution in [3.63, 3.8) is 0 Å². The number of rotatable bonds is 4. The maximum atomic E-state index is 5.54. The molecule has 1 heterocycles. The van der Waals surface area contributed by atoms with Crippen LogP contribution in [0.15, 0.2) is 0 Å². The molecule has 1 atom stereocenters. The van der Waals surface area contributed by atoms with Crippen molar-refractivity contribution < 1.29 is 0 Å². The van der Waals surface area contributed by atoms with E-state index < -0.39 is 0 Å². The van der Waals surface area contributed by atoms with E-state index >= 15 is 0 Å². The molecular formula is C11H25N3. The highest BCUT2D eigenvalue weighted by Gasteiger charge is 2.18. The lowest BCUT2D eigenvalue weighted by Gasteiger charge is -2.29. The second-order valence-corrected chi connectivity index (χ2v) is 4.53. The van der Waals surface area contributed by atoms with Gasteiger partial charge in [-0.2, -0.15) is 0 Å². The van der Waals surface area contributed by atoms with Gasteiger partial charge in [-0.05, 0) is 33.5 Å². The summed E-state index contributed by atoms with van der Waals surface area (Å²) in [4.78, 5) is 4.87. The van der Waals surface area contributed by atoms with Gasteiger partial charge in [-0.1, -0.05) is 12.8 Å². The molecule has 0 bridgehead atoms. The molecule has 3 heteroatoms. The Morgan fingerprint density at radius 2 is 2.14 bits per heavy atom. The van der Waals surface area contributed by atoms with Gasteiger partial charge < -0.3 is 15.5 Å². The molecule has 0 aromatic heterocycles. The van der Waals surface area contributed by atoms with Crippen LogP contribution in [0, 0.1) is 0 Å². The molecule has 0 spiro atoms. The molecule has 84 valence electrons. The van der Waals surface area contributed by atoms with Crippen LogP contribution in [0.25, 0.3) is 0 Å². The Kier molecular flexibility index (Phi) is 5.45. The normalized spacial score (nSPS) is 25.3. The second kappa shape index (κ2) is 6.38. The molecule has 0 aromatic carbocycles. The molecule has 1 unspecified atom stereocenters. The highest BCUT2D eigenvalue weighted by atomic mass is 15.2. The average molecular weight is 199 g/mol. The minimum Gasteiger partial charge on any atom is -0.329 e. The van der Waals surface area contributed by atoms with Gasteiger partial charge >= 0.3 is 0 Å². The van der Waals surface area contributed by atoms with E-state index in [9.17, 15) is 0 Å². The molecule has 1 saturated heterocycles. The lowest BCUT2D eigenvalue weighted by atomic mass is 10.1. The molecule has 14 heavy (non-hydrogen) atoms. The Bertz CT molecular complexity index is 149. The van der Waals surface area contributed by atoms with Gasteiger partial charge in [-0.3, -0.25) is 0 Å². The van der Waals surface area contributed by atoms with Crippen LogP contribution in [0.2, 0.25) is 0 Å². The predicted molar refractivity (Wildman–Crippen MR) is 61.4 cm³/mol. The highest BCUT2D eigenvalue weighted by molar-refractivity contribution is 4.75. The summed E-state index contributed by atoms with van der Waals surface area (Å²) in [6.07, 6.45) is 5.52. The van der Waals surface area contributed by atoms with E-state index in [4.69, 9.17) is 5.73 Å². The van der Waals surface area contributed by atoms with Crippen LogP contribution < -0.4 is 5.73 Å². The minimum atomic E-state index is 0.744. The molecule has 3 nitrogen and oxygen atoms in total. The number of likely N-dealkylation sites (N-methyl/N-ethyl adjacent to an activating group) is 2. The molecule has 1 fully saturated rings. The first kappa shape index (κ1) is 12.0. The molecule has 2 N–H and O–H groups in total. The van der Waals surface area contributed by atoms with Crippen LogP contribution in [-0.4, -0.2) is 56.1 Å². The third-order valence-corrected chi connectivity index (χ3v) is 3.20. The largest absolute Gasteiger partial charge is 0.329 e. The monoisotopic (exact) mass is 199 g/mol. The number of nitrogens with two attached hydrogens (primary N) is 1. The van der Waals surface area contributed by atoms with Gasteiger partial charge in [0.05, 0.1) is 0 Å². The number of hydrogen-bond donors (Lipinski definition) is 1. The number of likely N-dealkylation sites (tertiary alicyclic amines) is 1. The molecule has 0 amide bonds. The maximum absolute atomic E-state index is 5.54. The second-order valence-electron chi connectivity index (χ2n) is 4.53. The summed E-state index contributed by atoms with van der Waals surface area (Å²) in [5.74, 6) is 0. The quantitative estimate of drug-likeness (QED) is 0.725. The van der Waals surface area contributed by atoms with Crippen molar-refractivity contribution in [3.05, 3.63) is 0 Å². The third-order valence-electron chi connectivity index (χ3n) is 3.20. The Labute approximate surface area is 88.2 Å². The molecule has 1 rings (SSSR count). The highest BCUT2D eigenvalue weighted by Crippen LogP contribution is 2.15. The van der Waals surface area contributed by atoms with Crippen molar-refractivity contribution in [1.82, 2.24) is 9.80 Å². The summed E-state index contributed by atoms with van der Waals surface area (Å²) in [6.45, 7) is 4.23. The van der Waals surface area contributed by atoms with E-state index in [2.05, 4.69) is 23.9 Å². The van der Waals surface area contributed by atoms with E-state index in [1.165, 1.54) is 38.8 Å². The standard InChI is InChI=1S/C11H25N3/c1-13(9-7-12)10-11-6-4-3-5-8-14(11)2/h11H,3-10,12H2,1-2H3. The van der Waals surface area contributed by atoms with Gasteiger partial charge in [0.15, 0.2) is 0 Å². The molecular weight excluding hydrogens is 174 g/mol. The fourth-order valence-electron chi connectivity index (χ4n) is 2.22. The molecule has 1 aliphatic heterocycles. The van der Waals surface area contributed by atoms with E-state index in [1.807, 2.05) is 0 Å². The number of nitrogens with zero attached hydrogens (tertiary/aromatic N) is 2. The van der Waals surface area contributed by atoms with Crippen LogP contribution in [0.3, 0.4) is 0 Å². The van der Waals surface area contributed by atoms with Crippen molar-refractivity contribution >= 4 is 0 Å². The van der Waals surface area contributed by atoms with E-state index in [0.29, 0.717) is 0 Å². The first-order chi connectivity index (χ1) is 6.74. The first-order valence-corrected chi connectivity index (χ1v) is 5.83. The lowest BCUT2D eigenvalue weighted by molar-refractivity contribution is 0.184. The lowest BCUT2D eigenvalue weighted by Crippen LogP contribution is -2.41. The Hall–Kier alpha value is -0.120. The SMILES string of the molecule is CN(CCN)CC1CCCCCN1C. The van der Waals surface area contributed by atoms with Crippen LogP contribution >= 0.6 is 0 Å². The fourth-order valence-corrected chi connectivity index (χ4v) is 2.22. The van der Waals surface area contributed by atoms with Crippen molar-refractivity contribution in [2.45, 2.75) is 31.7 Å². The maximum Gasteiger partial charge on any atom is 0.0220 e. The topological polar surface area (TPSA) is 32.5 Å². The van der Waals surface area contributed by atoms with Gasteiger partial charge in [0.25, 0.3) is 0 Å². The zero-order valence-corrected chi connectivity index (χ0v) is 9.71. The van der Waals surface area contributed by atoms with E-state index in [-0.39, 0.29) is 0 Å². The van der Waals surface area contributed by atoms with Crippen LogP contribution in [0.1, 0.15) is 25.7 Å². The van der Waals surface area contributed by atoms with Crippen LogP contribution in [0.5, 0.6) is 0 Å². The molecule has 0 radical (unpaired) electrons. The zero-order chi connectivity index (χ0) is 10.4. The smallest absolute Gasteiger partial charge is 0.0220 e. The summed E-state index contributed by atoms with van der Waals surface area (Å²) in [5, 5.41) is 0. The fraction of sp³-hybridized carbons (Fsp3) is 1.00. The molecule has 0 aromatic rings. The van der Waals surface area contributed by atoms with Gasteiger partial charge in [-0.25, -0.2) is 0 Å². The summed E-state index contributed by atoms with van der Waals surface area (Å²) >= 11 is 0. The van der Waals surface area contributed by atoms with E-state index in [1.54, 1.807) is 0 Å². The Morgan fingerprint density at radius 1 is 1.36 bits per heavy atom. The van der Waals surface area contributed by atoms with Gasteiger partial charge in [0, 0.05) is 25.7 Å². The van der Waals surface area contributed by atoms with Gasteiger partial charge in [0.1, 0.15) is 0 Å². The Balaban J connectivity index is 2.32. The first-order valence-electron chi connectivity index (χ1n) is 5.83. The van der Waals surface area contributed by atoms with Crippen molar-refractivity contribution in [3.8, 4) is 0 Å². The predicted octanol–water partition coefficient (Wildman–Crippen LogP) is 0.751. The molecule has 0 aliphatic carbocycles. The van der Waals surface area contributed by atoms with Crippen molar-refractivity contribution in [2.75, 3.05) is 40.3 Å². The van der Waals surface area contributed by atoms with Crippen molar-refractivity contribution in [2.24, 2.45) is 5.73 Å². The van der Waals surface area contributed by atoms with Crippen LogP contribution in [0.4, 0.5) is 0 Å². The summed E-state index contributed by atoms with van der Waals surface area (Å²) in [6, 6.07) is 0.744. The number of hydrogen-bond acceptors (Lipinski definition) is 3. The summed E-state index contributed by atoms with van der Waals surface area (Å²) in [5.41, 5.74) is 5.54. The summed E-state index contributed by atoms with van der Waals surface area (Å²) < 4.78 is 0. The molecule has 0 saturated carbocycles. The summed E-state index contributed by atoms with van der Waals surface area (Å²) in [7, 11) is 4.43. The van der Waals surface area contributed by atoms with Crippen LogP contribution in [-0.2, 0) is 0 Å². The van der Waals surface area contributed by atoms with E-state index in [0.717, 1.165) is 19.1 Å². The Morgan fingerprint density at radius 3 is 2.86 bits per heavy atom.